The number of halogens is 1. The number of aromatic nitrogens is 3. The van der Waals surface area contributed by atoms with Crippen molar-refractivity contribution in [3.63, 3.8) is 0 Å². The highest BCUT2D eigenvalue weighted by Crippen LogP contribution is 2.36. The molecule has 0 aromatic carbocycles. The first-order valence-corrected chi connectivity index (χ1v) is 9.93. The van der Waals surface area contributed by atoms with Crippen LogP contribution in [0.4, 0.5) is 5.82 Å². The Hall–Kier alpha value is -2.45. The van der Waals surface area contributed by atoms with Crippen LogP contribution in [0.1, 0.15) is 30.9 Å². The van der Waals surface area contributed by atoms with Gasteiger partial charge >= 0.3 is 0 Å². The van der Waals surface area contributed by atoms with Crippen LogP contribution in [0.3, 0.4) is 0 Å². The number of carbonyl (C=O) groups is 1. The van der Waals surface area contributed by atoms with Crippen molar-refractivity contribution in [1.29, 1.82) is 0 Å². The lowest BCUT2D eigenvalue weighted by atomic mass is 9.82. The summed E-state index contributed by atoms with van der Waals surface area (Å²) >= 11 is 0. The van der Waals surface area contributed by atoms with Gasteiger partial charge in [-0.15, -0.1) is 12.4 Å². The van der Waals surface area contributed by atoms with E-state index >= 15 is 0 Å². The van der Waals surface area contributed by atoms with Crippen LogP contribution in [0.5, 0.6) is 0 Å². The molecule has 0 radical (unpaired) electrons. The monoisotopic (exact) mass is 416 g/mol. The number of fused-ring (bicyclic) bond motifs is 4. The molecule has 0 unspecified atom stereocenters. The minimum atomic E-state index is -0.0450. The number of nitrogens with zero attached hydrogens (tertiary/aromatic N) is 4. The Kier molecular flexibility index (Phi) is 5.31. The number of piperidine rings is 1. The quantitative estimate of drug-likeness (QED) is 0.756. The zero-order valence-corrected chi connectivity index (χ0v) is 16.9. The number of hydrogen-bond donors (Lipinski definition) is 2. The van der Waals surface area contributed by atoms with Gasteiger partial charge < -0.3 is 20.5 Å². The van der Waals surface area contributed by atoms with E-state index in [1.54, 1.807) is 12.1 Å². The van der Waals surface area contributed by atoms with E-state index in [0.717, 1.165) is 43.6 Å². The molecule has 2 bridgehead atoms. The van der Waals surface area contributed by atoms with Crippen molar-refractivity contribution in [2.45, 2.75) is 37.8 Å². The third-order valence-electron chi connectivity index (χ3n) is 6.21. The molecule has 5 rings (SSSR count). The van der Waals surface area contributed by atoms with Crippen LogP contribution in [-0.4, -0.2) is 51.0 Å². The van der Waals surface area contributed by atoms with Gasteiger partial charge in [0.05, 0.1) is 11.7 Å². The first-order chi connectivity index (χ1) is 13.6. The van der Waals surface area contributed by atoms with Gasteiger partial charge in [0.2, 0.25) is 5.91 Å². The Labute approximate surface area is 174 Å². The predicted octanol–water partition coefficient (Wildman–Crippen LogP) is 1.01. The summed E-state index contributed by atoms with van der Waals surface area (Å²) in [5, 5.41) is 3.31. The molecule has 0 spiro atoms. The van der Waals surface area contributed by atoms with Crippen LogP contribution in [0.2, 0.25) is 0 Å². The maximum atomic E-state index is 12.9. The molecular formula is C20H25ClN6O2. The van der Waals surface area contributed by atoms with Crippen molar-refractivity contribution in [3.8, 4) is 11.3 Å². The molecule has 2 aromatic heterocycles. The lowest BCUT2D eigenvalue weighted by molar-refractivity contribution is -0.135. The van der Waals surface area contributed by atoms with Gasteiger partial charge in [0.15, 0.2) is 0 Å². The summed E-state index contributed by atoms with van der Waals surface area (Å²) in [5.74, 6) is 1.09. The van der Waals surface area contributed by atoms with Crippen LogP contribution in [0, 0.1) is 5.92 Å². The molecule has 8 nitrogen and oxygen atoms in total. The molecule has 0 aliphatic carbocycles. The largest absolute Gasteiger partial charge is 0.384 e. The van der Waals surface area contributed by atoms with Crippen molar-refractivity contribution >= 4 is 24.1 Å². The average Bonchev–Trinajstić information content (AvgIpc) is 3.23. The summed E-state index contributed by atoms with van der Waals surface area (Å²) in [7, 11) is 0. The molecule has 154 valence electrons. The predicted molar refractivity (Wildman–Crippen MR) is 112 cm³/mol. The molecule has 2 aromatic rings. The topological polar surface area (TPSA) is 106 Å². The number of nitrogen functional groups attached to an aromatic ring is 1. The number of likely N-dealkylation sites (tertiary alicyclic amines) is 1. The van der Waals surface area contributed by atoms with Gasteiger partial charge in [-0.1, -0.05) is 0 Å². The molecule has 5 heterocycles. The van der Waals surface area contributed by atoms with Gasteiger partial charge in [0.25, 0.3) is 5.56 Å². The van der Waals surface area contributed by atoms with E-state index in [4.69, 9.17) is 5.73 Å². The summed E-state index contributed by atoms with van der Waals surface area (Å²) in [6.45, 7) is 2.99. The van der Waals surface area contributed by atoms with Gasteiger partial charge in [-0.05, 0) is 37.8 Å². The molecule has 0 saturated carbocycles. The molecule has 2 saturated heterocycles. The van der Waals surface area contributed by atoms with Crippen LogP contribution in [-0.2, 0) is 11.3 Å². The molecule has 3 N–H and O–H groups in total. The summed E-state index contributed by atoms with van der Waals surface area (Å²) < 4.78 is 1.88. The lowest BCUT2D eigenvalue weighted by Gasteiger charge is -2.43. The molecule has 29 heavy (non-hydrogen) atoms. The van der Waals surface area contributed by atoms with E-state index in [2.05, 4.69) is 15.3 Å². The average molecular weight is 417 g/mol. The SMILES string of the molecule is Cl.Nc1cc(-c2cc3n(c(=O)c2)C[C@H]2C[C@@H]3CN(C(=O)[C@@H]3CCCN3)C2)ncn1. The Morgan fingerprint density at radius 2 is 2.03 bits per heavy atom. The van der Waals surface area contributed by atoms with Gasteiger partial charge in [-0.2, -0.15) is 0 Å². The standard InChI is InChI=1S/C20H24N6O2.ClH/c21-18-7-16(23-11-24-18)13-5-17-14-4-12(9-26(17)19(27)6-13)8-25(10-14)20(28)15-2-1-3-22-15;/h5-7,11-12,14-15,22H,1-4,8-10H2,(H2,21,23,24);1H/t12-,14+,15-;/m0./s1. The zero-order chi connectivity index (χ0) is 19.3. The van der Waals surface area contributed by atoms with E-state index in [1.807, 2.05) is 15.5 Å². The van der Waals surface area contributed by atoms with Gasteiger partial charge in [0.1, 0.15) is 12.1 Å². The second-order valence-electron chi connectivity index (χ2n) is 8.14. The van der Waals surface area contributed by atoms with Crippen LogP contribution >= 0.6 is 12.4 Å². The van der Waals surface area contributed by atoms with Gasteiger partial charge in [0, 0.05) is 48.9 Å². The molecular weight excluding hydrogens is 392 g/mol. The Balaban J connectivity index is 0.00000205. The first kappa shape index (κ1) is 19.8. The normalized spacial score (nSPS) is 25.2. The van der Waals surface area contributed by atoms with Crippen molar-refractivity contribution < 1.29 is 4.79 Å². The number of rotatable bonds is 2. The number of amides is 1. The maximum absolute atomic E-state index is 12.9. The van der Waals surface area contributed by atoms with E-state index in [0.29, 0.717) is 30.5 Å². The molecule has 9 heteroatoms. The highest BCUT2D eigenvalue weighted by atomic mass is 35.5. The Morgan fingerprint density at radius 3 is 2.79 bits per heavy atom. The Morgan fingerprint density at radius 1 is 1.17 bits per heavy atom. The number of nitrogens with two attached hydrogens (primary N) is 1. The summed E-state index contributed by atoms with van der Waals surface area (Å²) in [6, 6.07) is 5.29. The number of pyridine rings is 1. The molecule has 3 aliphatic rings. The third-order valence-corrected chi connectivity index (χ3v) is 6.21. The maximum Gasteiger partial charge on any atom is 0.251 e. The second kappa shape index (κ2) is 7.76. The number of hydrogen-bond acceptors (Lipinski definition) is 6. The Bertz CT molecular complexity index is 987. The number of anilines is 1. The van der Waals surface area contributed by atoms with Crippen LogP contribution in [0.25, 0.3) is 11.3 Å². The van der Waals surface area contributed by atoms with Gasteiger partial charge in [-0.25, -0.2) is 9.97 Å². The second-order valence-corrected chi connectivity index (χ2v) is 8.14. The molecule has 3 atom stereocenters. The summed E-state index contributed by atoms with van der Waals surface area (Å²) in [5.41, 5.74) is 8.16. The van der Waals surface area contributed by atoms with Crippen molar-refractivity contribution in [2.75, 3.05) is 25.4 Å². The minimum Gasteiger partial charge on any atom is -0.384 e. The lowest BCUT2D eigenvalue weighted by Crippen LogP contribution is -2.53. The van der Waals surface area contributed by atoms with E-state index < -0.39 is 0 Å². The van der Waals surface area contributed by atoms with Crippen molar-refractivity contribution in [2.24, 2.45) is 5.92 Å². The van der Waals surface area contributed by atoms with Crippen molar-refractivity contribution in [3.05, 3.63) is 40.6 Å². The number of nitrogens with one attached hydrogen (secondary N) is 1. The molecule has 2 fully saturated rings. The first-order valence-electron chi connectivity index (χ1n) is 9.93. The summed E-state index contributed by atoms with van der Waals surface area (Å²) in [4.78, 5) is 35.9. The van der Waals surface area contributed by atoms with E-state index in [1.165, 1.54) is 6.33 Å². The summed E-state index contributed by atoms with van der Waals surface area (Å²) in [6.07, 6.45) is 4.39. The molecule has 3 aliphatic heterocycles. The third kappa shape index (κ3) is 3.62. The van der Waals surface area contributed by atoms with Crippen LogP contribution < -0.4 is 16.6 Å². The minimum absolute atomic E-state index is 0. The van der Waals surface area contributed by atoms with Crippen LogP contribution in [0.15, 0.2) is 29.3 Å². The van der Waals surface area contributed by atoms with E-state index in [9.17, 15) is 9.59 Å². The molecule has 1 amide bonds. The van der Waals surface area contributed by atoms with Crippen molar-refractivity contribution in [1.82, 2.24) is 24.8 Å². The fourth-order valence-electron chi connectivity index (χ4n) is 4.93. The van der Waals surface area contributed by atoms with Gasteiger partial charge in [-0.3, -0.25) is 9.59 Å². The smallest absolute Gasteiger partial charge is 0.251 e. The highest BCUT2D eigenvalue weighted by molar-refractivity contribution is 5.85. The zero-order valence-electron chi connectivity index (χ0n) is 16.1. The van der Waals surface area contributed by atoms with E-state index in [-0.39, 0.29) is 35.8 Å². The fourth-order valence-corrected chi connectivity index (χ4v) is 4.93. The fraction of sp³-hybridized carbons (Fsp3) is 0.500. The highest BCUT2D eigenvalue weighted by Gasteiger charge is 2.38. The number of carbonyl (C=O) groups excluding carboxylic acids is 1.